The van der Waals surface area contributed by atoms with Crippen LogP contribution in [0, 0.1) is 0 Å². The second-order valence-corrected chi connectivity index (χ2v) is 11.1. The van der Waals surface area contributed by atoms with Gasteiger partial charge >= 0.3 is 0 Å². The van der Waals surface area contributed by atoms with Crippen molar-refractivity contribution in [3.05, 3.63) is 40.5 Å². The molecule has 1 heterocycles. The zero-order valence-corrected chi connectivity index (χ0v) is 13.6. The minimum Gasteiger partial charge on any atom is -0.184 e. The smallest absolute Gasteiger partial charge is 0.147 e. The van der Waals surface area contributed by atoms with Crippen molar-refractivity contribution in [3.63, 3.8) is 0 Å². The second-order valence-electron chi connectivity index (χ2n) is 5.42. The molecule has 0 radical (unpaired) electrons. The molecule has 5 heteroatoms. The number of aryl methyl sites for hydroxylation is 2. The first-order valence-electron chi connectivity index (χ1n) is 6.12. The first-order chi connectivity index (χ1) is 8.47. The molecule has 18 heavy (non-hydrogen) atoms. The van der Waals surface area contributed by atoms with Gasteiger partial charge in [0.2, 0.25) is 0 Å². The third kappa shape index (κ3) is 3.29. The summed E-state index contributed by atoms with van der Waals surface area (Å²) in [5, 5.41) is 10.2. The molecule has 96 valence electrons. The molecule has 0 N–H and O–H groups in total. The Morgan fingerprint density at radius 1 is 1.11 bits per heavy atom. The van der Waals surface area contributed by atoms with Crippen molar-refractivity contribution in [2.75, 3.05) is 0 Å². The monoisotopic (exact) mass is 323 g/mol. The molecule has 2 aromatic rings. The maximum atomic E-state index is 4.62. The SMILES string of the molecule is C[Si](C)(C)c1nn(CCc2ccccc2)nc1Br. The Balaban J connectivity index is 2.07. The van der Waals surface area contributed by atoms with Gasteiger partial charge in [0.1, 0.15) is 12.7 Å². The summed E-state index contributed by atoms with van der Waals surface area (Å²) < 4.78 is 0.912. The van der Waals surface area contributed by atoms with Gasteiger partial charge in [-0.2, -0.15) is 9.90 Å². The van der Waals surface area contributed by atoms with Crippen LogP contribution >= 0.6 is 15.9 Å². The van der Waals surface area contributed by atoms with Crippen LogP contribution in [0.25, 0.3) is 0 Å². The number of rotatable bonds is 4. The molecule has 0 unspecified atom stereocenters. The molecule has 1 aromatic heterocycles. The van der Waals surface area contributed by atoms with E-state index in [0.29, 0.717) is 0 Å². The molecule has 0 aliphatic carbocycles. The van der Waals surface area contributed by atoms with Crippen molar-refractivity contribution in [1.82, 2.24) is 15.0 Å². The van der Waals surface area contributed by atoms with E-state index >= 15 is 0 Å². The van der Waals surface area contributed by atoms with E-state index in [2.05, 4.69) is 70.0 Å². The van der Waals surface area contributed by atoms with Crippen LogP contribution in [0.5, 0.6) is 0 Å². The van der Waals surface area contributed by atoms with Crippen LogP contribution < -0.4 is 5.32 Å². The normalized spacial score (nSPS) is 11.8. The minimum absolute atomic E-state index is 0.826. The van der Waals surface area contributed by atoms with Gasteiger partial charge in [-0.1, -0.05) is 50.0 Å². The predicted octanol–water partition coefficient (Wildman–Crippen LogP) is 2.83. The molecule has 1 aromatic carbocycles. The molecule has 0 saturated heterocycles. The van der Waals surface area contributed by atoms with E-state index in [1.807, 2.05) is 10.9 Å². The van der Waals surface area contributed by atoms with E-state index in [9.17, 15) is 0 Å². The number of benzene rings is 1. The third-order valence-electron chi connectivity index (χ3n) is 2.77. The fourth-order valence-electron chi connectivity index (χ4n) is 1.76. The summed E-state index contributed by atoms with van der Waals surface area (Å²) >= 11 is 3.52. The average molecular weight is 324 g/mol. The lowest BCUT2D eigenvalue weighted by Crippen LogP contribution is -2.40. The maximum Gasteiger partial charge on any atom is 0.147 e. The highest BCUT2D eigenvalue weighted by atomic mass is 79.9. The van der Waals surface area contributed by atoms with Crippen LogP contribution in [0.1, 0.15) is 5.56 Å². The van der Waals surface area contributed by atoms with Crippen molar-refractivity contribution in [2.45, 2.75) is 32.6 Å². The molecule has 0 amide bonds. The van der Waals surface area contributed by atoms with E-state index in [1.54, 1.807) is 0 Å². The van der Waals surface area contributed by atoms with Crippen LogP contribution in [0.3, 0.4) is 0 Å². The summed E-state index contributed by atoms with van der Waals surface area (Å²) in [6, 6.07) is 10.4. The van der Waals surface area contributed by atoms with Crippen molar-refractivity contribution >= 4 is 29.3 Å². The minimum atomic E-state index is -1.41. The molecule has 0 saturated carbocycles. The second kappa shape index (κ2) is 5.36. The van der Waals surface area contributed by atoms with Crippen LogP contribution in [0.2, 0.25) is 19.6 Å². The number of halogens is 1. The highest BCUT2D eigenvalue weighted by Crippen LogP contribution is 2.09. The molecule has 0 spiro atoms. The average Bonchev–Trinajstić information content (AvgIpc) is 2.69. The van der Waals surface area contributed by atoms with Gasteiger partial charge in [-0.05, 0) is 27.9 Å². The number of aromatic nitrogens is 3. The Morgan fingerprint density at radius 2 is 1.78 bits per heavy atom. The van der Waals surface area contributed by atoms with Gasteiger partial charge in [0, 0.05) is 0 Å². The summed E-state index contributed by atoms with van der Waals surface area (Å²) in [6.45, 7) is 7.67. The zero-order valence-electron chi connectivity index (χ0n) is 11.0. The van der Waals surface area contributed by atoms with E-state index in [-0.39, 0.29) is 0 Å². The van der Waals surface area contributed by atoms with Crippen molar-refractivity contribution in [3.8, 4) is 0 Å². The highest BCUT2D eigenvalue weighted by Gasteiger charge is 2.24. The van der Waals surface area contributed by atoms with Crippen molar-refractivity contribution in [1.29, 1.82) is 0 Å². The topological polar surface area (TPSA) is 30.7 Å². The first kappa shape index (κ1) is 13.5. The predicted molar refractivity (Wildman–Crippen MR) is 80.8 cm³/mol. The maximum absolute atomic E-state index is 4.62. The molecular formula is C13H18BrN3Si. The molecule has 0 aliphatic rings. The van der Waals surface area contributed by atoms with E-state index in [1.165, 1.54) is 5.56 Å². The van der Waals surface area contributed by atoms with Crippen LogP contribution in [-0.4, -0.2) is 23.1 Å². The molecular weight excluding hydrogens is 306 g/mol. The lowest BCUT2D eigenvalue weighted by molar-refractivity contribution is 0.537. The van der Waals surface area contributed by atoms with Gasteiger partial charge in [-0.25, -0.2) is 0 Å². The first-order valence-corrected chi connectivity index (χ1v) is 10.4. The fourth-order valence-corrected chi connectivity index (χ4v) is 4.89. The quantitative estimate of drug-likeness (QED) is 0.810. The molecule has 0 bridgehead atoms. The number of hydrogen-bond donors (Lipinski definition) is 0. The summed E-state index contributed by atoms with van der Waals surface area (Å²) in [5.41, 5.74) is 1.32. The molecule has 0 fully saturated rings. The van der Waals surface area contributed by atoms with Gasteiger partial charge in [-0.15, -0.1) is 5.10 Å². The van der Waals surface area contributed by atoms with Crippen LogP contribution in [0.15, 0.2) is 34.9 Å². The van der Waals surface area contributed by atoms with Gasteiger partial charge < -0.3 is 0 Å². The molecule has 3 nitrogen and oxygen atoms in total. The van der Waals surface area contributed by atoms with E-state index in [0.717, 1.165) is 22.9 Å². The highest BCUT2D eigenvalue weighted by molar-refractivity contribution is 9.10. The van der Waals surface area contributed by atoms with Crippen LogP contribution in [-0.2, 0) is 13.0 Å². The summed E-state index contributed by atoms with van der Waals surface area (Å²) in [4.78, 5) is 1.81. The molecule has 2 rings (SSSR count). The Morgan fingerprint density at radius 3 is 2.33 bits per heavy atom. The number of hydrogen-bond acceptors (Lipinski definition) is 2. The van der Waals surface area contributed by atoms with Crippen LogP contribution in [0.4, 0.5) is 0 Å². The van der Waals surface area contributed by atoms with Gasteiger partial charge in [0.25, 0.3) is 0 Å². The summed E-state index contributed by atoms with van der Waals surface area (Å²) in [7, 11) is -1.41. The van der Waals surface area contributed by atoms with E-state index in [4.69, 9.17) is 0 Å². The Kier molecular flexibility index (Phi) is 4.02. The molecule has 0 aliphatic heterocycles. The van der Waals surface area contributed by atoms with Crippen molar-refractivity contribution < 1.29 is 0 Å². The lowest BCUT2D eigenvalue weighted by Gasteiger charge is -2.11. The standard InChI is InChI=1S/C13H18BrN3Si/c1-18(2,3)13-12(14)15-17(16-13)10-9-11-7-5-4-6-8-11/h4-8H,9-10H2,1-3H3. The molecule has 0 atom stereocenters. The van der Waals surface area contributed by atoms with Crippen molar-refractivity contribution in [2.24, 2.45) is 0 Å². The van der Waals surface area contributed by atoms with Gasteiger partial charge in [0.05, 0.1) is 11.9 Å². The largest absolute Gasteiger partial charge is 0.184 e. The Labute approximate surface area is 117 Å². The summed E-state index contributed by atoms with van der Waals surface area (Å²) in [5.74, 6) is 0. The van der Waals surface area contributed by atoms with E-state index < -0.39 is 8.07 Å². The number of nitrogens with zero attached hydrogens (tertiary/aromatic N) is 3. The Hall–Kier alpha value is -0.943. The Bertz CT molecular complexity index is 517. The van der Waals surface area contributed by atoms with Gasteiger partial charge in [0.15, 0.2) is 0 Å². The third-order valence-corrected chi connectivity index (χ3v) is 5.43. The fraction of sp³-hybridized carbons (Fsp3) is 0.385. The zero-order chi connectivity index (χ0) is 13.2. The summed E-state index contributed by atoms with van der Waals surface area (Å²) in [6.07, 6.45) is 0.965. The van der Waals surface area contributed by atoms with Gasteiger partial charge in [-0.3, -0.25) is 0 Å². The lowest BCUT2D eigenvalue weighted by atomic mass is 10.2.